The van der Waals surface area contributed by atoms with Crippen LogP contribution in [-0.4, -0.2) is 80.4 Å². The van der Waals surface area contributed by atoms with Gasteiger partial charge in [0, 0.05) is 64.3 Å². The number of nitrogens with two attached hydrogens (primary N) is 1. The Morgan fingerprint density at radius 1 is 1.06 bits per heavy atom. The lowest BCUT2D eigenvalue weighted by Gasteiger charge is -2.32. The number of hydrogen-bond acceptors (Lipinski definition) is 9. The molecule has 1 fully saturated rings. The summed E-state index contributed by atoms with van der Waals surface area (Å²) in [7, 11) is 0. The molecule has 0 radical (unpaired) electrons. The number of rotatable bonds is 10. The van der Waals surface area contributed by atoms with E-state index < -0.39 is 12.0 Å². The summed E-state index contributed by atoms with van der Waals surface area (Å²) in [5.41, 5.74) is 9.92. The lowest BCUT2D eigenvalue weighted by molar-refractivity contribution is -0.136. The number of fused-ring (bicyclic) bond motifs is 3. The predicted octanol–water partition coefficient (Wildman–Crippen LogP) is 4.97. The number of anilines is 1. The number of halogens is 1. The molecule has 0 saturated carbocycles. The van der Waals surface area contributed by atoms with Crippen LogP contribution in [0, 0.1) is 38.5 Å². The third kappa shape index (κ3) is 8.38. The molecular formula is C39H41ClN8O5S. The summed E-state index contributed by atoms with van der Waals surface area (Å²) in [6.07, 6.45) is 1.72. The summed E-state index contributed by atoms with van der Waals surface area (Å²) in [5, 5.41) is 25.6. The van der Waals surface area contributed by atoms with Crippen molar-refractivity contribution in [2.45, 2.75) is 58.9 Å². The topological polar surface area (TPSA) is 185 Å². The SMILES string of the molecule is Cc1sc2c(c1C)C(c1ccc(Cl)cc1)=N[C@@H](CC(=O)N1CCC(C(=O)NCCCC(=O)Nc3ccc(C(=O)O)c(C#CCN)c3)CC1)c1nnc(C)n1-2. The zero-order valence-corrected chi connectivity index (χ0v) is 31.8. The first-order valence-corrected chi connectivity index (χ1v) is 18.9. The molecule has 54 heavy (non-hydrogen) atoms. The molecule has 1 saturated heterocycles. The van der Waals surface area contributed by atoms with Gasteiger partial charge in [0.25, 0.3) is 0 Å². The van der Waals surface area contributed by atoms with Gasteiger partial charge in [-0.2, -0.15) is 0 Å². The Bertz CT molecular complexity index is 2190. The molecule has 2 aromatic heterocycles. The van der Waals surface area contributed by atoms with Gasteiger partial charge < -0.3 is 26.4 Å². The number of aromatic nitrogens is 3. The van der Waals surface area contributed by atoms with Gasteiger partial charge in [0.05, 0.1) is 24.2 Å². The number of carboxylic acids is 1. The third-order valence-electron chi connectivity index (χ3n) is 9.68. The molecule has 0 aliphatic carbocycles. The molecule has 2 aromatic carbocycles. The Labute approximate surface area is 322 Å². The molecule has 0 bridgehead atoms. The zero-order chi connectivity index (χ0) is 38.5. The Morgan fingerprint density at radius 3 is 2.50 bits per heavy atom. The van der Waals surface area contributed by atoms with E-state index in [1.54, 1.807) is 16.2 Å². The van der Waals surface area contributed by atoms with Crippen molar-refractivity contribution < 1.29 is 24.3 Å². The van der Waals surface area contributed by atoms with Gasteiger partial charge in [-0.1, -0.05) is 35.6 Å². The van der Waals surface area contributed by atoms with Gasteiger partial charge in [0.2, 0.25) is 17.7 Å². The second kappa shape index (κ2) is 16.8. The molecule has 2 aliphatic rings. The Hall–Kier alpha value is -5.36. The highest BCUT2D eigenvalue weighted by Crippen LogP contribution is 2.40. The van der Waals surface area contributed by atoms with Crippen LogP contribution >= 0.6 is 22.9 Å². The number of likely N-dealkylation sites (tertiary alicyclic amines) is 1. The summed E-state index contributed by atoms with van der Waals surface area (Å²) in [6.45, 7) is 7.34. The van der Waals surface area contributed by atoms with Crippen LogP contribution in [0.25, 0.3) is 5.00 Å². The molecule has 0 unspecified atom stereocenters. The number of aryl methyl sites for hydroxylation is 2. The molecule has 4 heterocycles. The number of thiophene rings is 1. The first kappa shape index (κ1) is 38.4. The Morgan fingerprint density at radius 2 is 1.80 bits per heavy atom. The summed E-state index contributed by atoms with van der Waals surface area (Å²) in [4.78, 5) is 59.0. The average molecular weight is 769 g/mol. The number of hydrogen-bond donors (Lipinski definition) is 4. The van der Waals surface area contributed by atoms with Crippen LogP contribution in [-0.2, 0) is 14.4 Å². The van der Waals surface area contributed by atoms with Crippen molar-refractivity contribution in [3.05, 3.63) is 91.8 Å². The van der Waals surface area contributed by atoms with Crippen LogP contribution in [0.3, 0.4) is 0 Å². The molecule has 4 aromatic rings. The summed E-state index contributed by atoms with van der Waals surface area (Å²) < 4.78 is 2.03. The predicted molar refractivity (Wildman–Crippen MR) is 207 cm³/mol. The zero-order valence-electron chi connectivity index (χ0n) is 30.2. The minimum Gasteiger partial charge on any atom is -0.478 e. The largest absolute Gasteiger partial charge is 0.478 e. The van der Waals surface area contributed by atoms with Gasteiger partial charge >= 0.3 is 5.97 Å². The minimum absolute atomic E-state index is 0.0209. The molecule has 0 spiro atoms. The van der Waals surface area contributed by atoms with E-state index in [4.69, 9.17) is 22.3 Å². The molecule has 280 valence electrons. The summed E-state index contributed by atoms with van der Waals surface area (Å²) in [5.74, 6) is 4.89. The maximum atomic E-state index is 13.8. The maximum Gasteiger partial charge on any atom is 0.336 e. The first-order valence-electron chi connectivity index (χ1n) is 17.7. The van der Waals surface area contributed by atoms with Crippen molar-refractivity contribution >= 4 is 58.0 Å². The smallest absolute Gasteiger partial charge is 0.336 e. The fourth-order valence-electron chi connectivity index (χ4n) is 6.70. The highest BCUT2D eigenvalue weighted by Gasteiger charge is 2.34. The number of nitrogens with zero attached hydrogens (tertiary/aromatic N) is 5. The van der Waals surface area contributed by atoms with Crippen molar-refractivity contribution in [1.29, 1.82) is 0 Å². The van der Waals surface area contributed by atoms with Crippen molar-refractivity contribution in [1.82, 2.24) is 25.0 Å². The number of carbonyl (C=O) groups excluding carboxylic acids is 3. The van der Waals surface area contributed by atoms with E-state index in [1.807, 2.05) is 35.8 Å². The van der Waals surface area contributed by atoms with Gasteiger partial charge in [0.15, 0.2) is 5.82 Å². The number of carboxylic acid groups (broad SMARTS) is 1. The van der Waals surface area contributed by atoms with Crippen LogP contribution < -0.4 is 16.4 Å². The van der Waals surface area contributed by atoms with Crippen LogP contribution in [0.1, 0.15) is 87.3 Å². The Balaban J connectivity index is 1.03. The summed E-state index contributed by atoms with van der Waals surface area (Å²) in [6, 6.07) is 11.4. The van der Waals surface area contributed by atoms with Crippen molar-refractivity contribution in [2.75, 3.05) is 31.5 Å². The van der Waals surface area contributed by atoms with Crippen molar-refractivity contribution in [3.8, 4) is 16.8 Å². The molecule has 15 heteroatoms. The number of amides is 3. The Kier molecular flexibility index (Phi) is 11.9. The standard InChI is InChI=1S/C39H41ClN8O5S/c1-22-23(2)54-38-34(22)35(25-8-10-28(40)11-9-25)44-31(36-46-45-24(3)48(36)38)21-33(50)47-18-14-26(15-19-47)37(51)42-17-5-7-32(49)43-29-12-13-30(39(52)53)27(20-29)6-4-16-41/h8-13,20,26,31H,5,7,14-19,21,41H2,1-3H3,(H,42,51)(H,43,49)(H,52,53)/t31-/m0/s1. The monoisotopic (exact) mass is 768 g/mol. The van der Waals surface area contributed by atoms with Gasteiger partial charge in [-0.15, -0.1) is 21.5 Å². The van der Waals surface area contributed by atoms with Crippen LogP contribution in [0.4, 0.5) is 5.69 Å². The van der Waals surface area contributed by atoms with E-state index in [-0.39, 0.29) is 54.2 Å². The lowest BCUT2D eigenvalue weighted by Crippen LogP contribution is -2.43. The van der Waals surface area contributed by atoms with Crippen LogP contribution in [0.2, 0.25) is 5.02 Å². The number of aromatic carboxylic acids is 1. The van der Waals surface area contributed by atoms with E-state index in [2.05, 4.69) is 46.5 Å². The number of aliphatic imine (C=N–C) groups is 1. The molecular weight excluding hydrogens is 728 g/mol. The van der Waals surface area contributed by atoms with Crippen molar-refractivity contribution in [2.24, 2.45) is 16.6 Å². The average Bonchev–Trinajstić information content (AvgIpc) is 3.64. The van der Waals surface area contributed by atoms with Crippen molar-refractivity contribution in [3.63, 3.8) is 0 Å². The molecule has 3 amide bonds. The fourth-order valence-corrected chi connectivity index (χ4v) is 8.04. The number of benzene rings is 2. The normalized spacial score (nSPS) is 15.2. The highest BCUT2D eigenvalue weighted by atomic mass is 35.5. The van der Waals surface area contributed by atoms with Gasteiger partial charge in [-0.25, -0.2) is 4.79 Å². The molecule has 2 aliphatic heterocycles. The van der Waals surface area contributed by atoms with Crippen LogP contribution in [0.5, 0.6) is 0 Å². The van der Waals surface area contributed by atoms with Gasteiger partial charge in [-0.3, -0.25) is 23.9 Å². The second-order valence-electron chi connectivity index (χ2n) is 13.3. The van der Waals surface area contributed by atoms with E-state index in [1.165, 1.54) is 23.1 Å². The minimum atomic E-state index is -1.12. The quantitative estimate of drug-likeness (QED) is 0.129. The van der Waals surface area contributed by atoms with E-state index >= 15 is 0 Å². The molecule has 6 rings (SSSR count). The van der Waals surface area contributed by atoms with Gasteiger partial charge in [0.1, 0.15) is 16.9 Å². The number of piperidine rings is 1. The highest BCUT2D eigenvalue weighted by molar-refractivity contribution is 7.15. The van der Waals surface area contributed by atoms with E-state index in [0.29, 0.717) is 55.4 Å². The molecule has 5 N–H and O–H groups in total. The van der Waals surface area contributed by atoms with E-state index in [9.17, 15) is 24.3 Å². The summed E-state index contributed by atoms with van der Waals surface area (Å²) >= 11 is 7.89. The second-order valence-corrected chi connectivity index (χ2v) is 14.9. The maximum absolute atomic E-state index is 13.8. The number of nitrogens with one attached hydrogen (secondary N) is 2. The molecule has 1 atom stereocenters. The fraction of sp³-hybridized carbons (Fsp3) is 0.359. The number of carbonyl (C=O) groups is 4. The lowest BCUT2D eigenvalue weighted by atomic mass is 9.95. The van der Waals surface area contributed by atoms with E-state index in [0.717, 1.165) is 33.2 Å². The van der Waals surface area contributed by atoms with Gasteiger partial charge in [-0.05, 0) is 75.9 Å². The first-order chi connectivity index (χ1) is 25.9. The molecule has 13 nitrogen and oxygen atoms in total. The third-order valence-corrected chi connectivity index (χ3v) is 11.1. The van der Waals surface area contributed by atoms with Crippen LogP contribution in [0.15, 0.2) is 47.5 Å².